The van der Waals surface area contributed by atoms with E-state index in [1.165, 1.54) is 0 Å². The predicted molar refractivity (Wildman–Crippen MR) is 73.3 cm³/mol. The van der Waals surface area contributed by atoms with Crippen molar-refractivity contribution in [1.82, 2.24) is 9.88 Å². The van der Waals surface area contributed by atoms with E-state index in [-0.39, 0.29) is 11.9 Å². The Hall–Kier alpha value is -1.62. The van der Waals surface area contributed by atoms with Gasteiger partial charge in [0.2, 0.25) is 0 Å². The fourth-order valence-electron chi connectivity index (χ4n) is 2.44. The van der Waals surface area contributed by atoms with Crippen molar-refractivity contribution in [3.8, 4) is 0 Å². The van der Waals surface area contributed by atoms with Crippen LogP contribution in [0.15, 0.2) is 18.3 Å². The monoisotopic (exact) mass is 263 g/mol. The third kappa shape index (κ3) is 3.92. The van der Waals surface area contributed by atoms with Crippen LogP contribution >= 0.6 is 0 Å². The van der Waals surface area contributed by atoms with Gasteiger partial charge in [0.25, 0.3) is 0 Å². The molecule has 0 saturated carbocycles. The van der Waals surface area contributed by atoms with Gasteiger partial charge in [0.1, 0.15) is 5.82 Å². The fourth-order valence-corrected chi connectivity index (χ4v) is 2.44. The highest BCUT2D eigenvalue weighted by molar-refractivity contribution is 5.72. The van der Waals surface area contributed by atoms with Gasteiger partial charge in [-0.2, -0.15) is 0 Å². The van der Waals surface area contributed by atoms with E-state index in [9.17, 15) is 4.79 Å². The van der Waals surface area contributed by atoms with Gasteiger partial charge in [-0.3, -0.25) is 9.69 Å². The number of likely N-dealkylation sites (tertiary alicyclic amines) is 1. The number of carbonyl (C=O) groups excluding carboxylic acids is 1. The molecule has 1 aromatic heterocycles. The summed E-state index contributed by atoms with van der Waals surface area (Å²) in [6.07, 6.45) is 3.75. The van der Waals surface area contributed by atoms with Gasteiger partial charge >= 0.3 is 5.97 Å². The summed E-state index contributed by atoms with van der Waals surface area (Å²) >= 11 is 0. The summed E-state index contributed by atoms with van der Waals surface area (Å²) in [7, 11) is 0. The zero-order chi connectivity index (χ0) is 13.7. The van der Waals surface area contributed by atoms with Crippen LogP contribution in [0, 0.1) is 5.92 Å². The molecule has 2 heterocycles. The van der Waals surface area contributed by atoms with E-state index in [0.29, 0.717) is 12.4 Å². The summed E-state index contributed by atoms with van der Waals surface area (Å²) in [5, 5.41) is 0. The van der Waals surface area contributed by atoms with Crippen molar-refractivity contribution < 1.29 is 9.53 Å². The molecule has 2 rings (SSSR count). The van der Waals surface area contributed by atoms with Crippen molar-refractivity contribution in [3.05, 3.63) is 23.9 Å². The van der Waals surface area contributed by atoms with Gasteiger partial charge in [0.15, 0.2) is 0 Å². The van der Waals surface area contributed by atoms with Gasteiger partial charge in [0.05, 0.1) is 12.5 Å². The molecule has 1 aliphatic rings. The standard InChI is InChI=1S/C14H21N3O2/c1-2-19-14(18)12-4-3-7-17(10-12)9-11-5-6-13(15)16-8-11/h5-6,8,12H,2-4,7,9-10H2,1H3,(H2,15,16). The number of piperidine rings is 1. The number of rotatable bonds is 4. The lowest BCUT2D eigenvalue weighted by atomic mass is 9.98. The average molecular weight is 263 g/mol. The molecule has 1 atom stereocenters. The van der Waals surface area contributed by atoms with Gasteiger partial charge in [-0.05, 0) is 37.9 Å². The Labute approximate surface area is 113 Å². The van der Waals surface area contributed by atoms with Crippen LogP contribution in [0.5, 0.6) is 0 Å². The first kappa shape index (κ1) is 13.8. The maximum absolute atomic E-state index is 11.8. The largest absolute Gasteiger partial charge is 0.466 e. The summed E-state index contributed by atoms with van der Waals surface area (Å²) in [4.78, 5) is 18.1. The second kappa shape index (κ2) is 6.52. The molecular weight excluding hydrogens is 242 g/mol. The molecule has 0 amide bonds. The smallest absolute Gasteiger partial charge is 0.310 e. The Bertz CT molecular complexity index is 419. The van der Waals surface area contributed by atoms with Crippen molar-refractivity contribution >= 4 is 11.8 Å². The minimum Gasteiger partial charge on any atom is -0.466 e. The summed E-state index contributed by atoms with van der Waals surface area (Å²) in [5.74, 6) is 0.477. The van der Waals surface area contributed by atoms with Crippen LogP contribution in [0.25, 0.3) is 0 Å². The highest BCUT2D eigenvalue weighted by Crippen LogP contribution is 2.19. The van der Waals surface area contributed by atoms with Crippen LogP contribution < -0.4 is 5.73 Å². The van der Waals surface area contributed by atoms with E-state index in [1.54, 1.807) is 6.20 Å². The fraction of sp³-hybridized carbons (Fsp3) is 0.571. The molecule has 1 unspecified atom stereocenters. The third-order valence-electron chi connectivity index (χ3n) is 3.38. The third-order valence-corrected chi connectivity index (χ3v) is 3.38. The minimum atomic E-state index is -0.0670. The van der Waals surface area contributed by atoms with Crippen molar-refractivity contribution in [2.24, 2.45) is 5.92 Å². The number of nitrogens with zero attached hydrogens (tertiary/aromatic N) is 2. The molecule has 0 aliphatic carbocycles. The number of ether oxygens (including phenoxy) is 1. The Balaban J connectivity index is 1.90. The van der Waals surface area contributed by atoms with E-state index in [1.807, 2.05) is 19.1 Å². The zero-order valence-corrected chi connectivity index (χ0v) is 11.3. The molecule has 0 spiro atoms. The molecule has 5 heteroatoms. The van der Waals surface area contributed by atoms with E-state index in [0.717, 1.165) is 38.0 Å². The number of nitrogen functional groups attached to an aromatic ring is 1. The zero-order valence-electron chi connectivity index (χ0n) is 11.3. The molecule has 0 bridgehead atoms. The first-order chi connectivity index (χ1) is 9.19. The van der Waals surface area contributed by atoms with Crippen LogP contribution in [-0.2, 0) is 16.1 Å². The van der Waals surface area contributed by atoms with Crippen LogP contribution in [0.2, 0.25) is 0 Å². The van der Waals surface area contributed by atoms with Gasteiger partial charge in [0, 0.05) is 19.3 Å². The number of pyridine rings is 1. The quantitative estimate of drug-likeness (QED) is 0.832. The van der Waals surface area contributed by atoms with Crippen molar-refractivity contribution in [3.63, 3.8) is 0 Å². The Kier molecular flexibility index (Phi) is 4.74. The first-order valence-corrected chi connectivity index (χ1v) is 6.78. The maximum Gasteiger partial charge on any atom is 0.310 e. The second-order valence-corrected chi connectivity index (χ2v) is 4.92. The number of hydrogen-bond donors (Lipinski definition) is 1. The molecule has 0 radical (unpaired) electrons. The molecule has 1 fully saturated rings. The topological polar surface area (TPSA) is 68.5 Å². The van der Waals surface area contributed by atoms with Crippen LogP contribution in [0.3, 0.4) is 0 Å². The lowest BCUT2D eigenvalue weighted by molar-refractivity contribution is -0.150. The van der Waals surface area contributed by atoms with Crippen molar-refractivity contribution in [1.29, 1.82) is 0 Å². The van der Waals surface area contributed by atoms with E-state index in [4.69, 9.17) is 10.5 Å². The van der Waals surface area contributed by atoms with Gasteiger partial charge in [-0.15, -0.1) is 0 Å². The molecular formula is C14H21N3O2. The summed E-state index contributed by atoms with van der Waals surface area (Å²) in [6.45, 7) is 4.89. The normalized spacial score (nSPS) is 20.2. The molecule has 19 heavy (non-hydrogen) atoms. The van der Waals surface area contributed by atoms with Crippen LogP contribution in [0.1, 0.15) is 25.3 Å². The number of anilines is 1. The number of hydrogen-bond acceptors (Lipinski definition) is 5. The van der Waals surface area contributed by atoms with Crippen LogP contribution in [-0.4, -0.2) is 35.5 Å². The summed E-state index contributed by atoms with van der Waals surface area (Å²) in [6, 6.07) is 3.79. The molecule has 5 nitrogen and oxygen atoms in total. The van der Waals surface area contributed by atoms with E-state index in [2.05, 4.69) is 9.88 Å². The predicted octanol–water partition coefficient (Wildman–Crippen LogP) is 1.44. The number of aromatic nitrogens is 1. The molecule has 1 aromatic rings. The summed E-state index contributed by atoms with van der Waals surface area (Å²) < 4.78 is 5.10. The molecule has 1 aliphatic heterocycles. The molecule has 104 valence electrons. The average Bonchev–Trinajstić information content (AvgIpc) is 2.42. The van der Waals surface area contributed by atoms with Crippen LogP contribution in [0.4, 0.5) is 5.82 Å². The Morgan fingerprint density at radius 3 is 3.11 bits per heavy atom. The van der Waals surface area contributed by atoms with Gasteiger partial charge < -0.3 is 10.5 Å². The lowest BCUT2D eigenvalue weighted by Gasteiger charge is -2.31. The maximum atomic E-state index is 11.8. The second-order valence-electron chi connectivity index (χ2n) is 4.92. The Morgan fingerprint density at radius 2 is 2.42 bits per heavy atom. The highest BCUT2D eigenvalue weighted by Gasteiger charge is 2.26. The SMILES string of the molecule is CCOC(=O)C1CCCN(Cc2ccc(N)nc2)C1. The molecule has 0 aromatic carbocycles. The highest BCUT2D eigenvalue weighted by atomic mass is 16.5. The number of esters is 1. The molecule has 2 N–H and O–H groups in total. The van der Waals surface area contributed by atoms with Crippen molar-refractivity contribution in [2.75, 3.05) is 25.4 Å². The summed E-state index contributed by atoms with van der Waals surface area (Å²) in [5.41, 5.74) is 6.69. The molecule has 1 saturated heterocycles. The van der Waals surface area contributed by atoms with E-state index >= 15 is 0 Å². The minimum absolute atomic E-state index is 0.00967. The lowest BCUT2D eigenvalue weighted by Crippen LogP contribution is -2.38. The first-order valence-electron chi connectivity index (χ1n) is 6.78. The van der Waals surface area contributed by atoms with E-state index < -0.39 is 0 Å². The number of nitrogens with two attached hydrogens (primary N) is 1. The number of carbonyl (C=O) groups is 1. The Morgan fingerprint density at radius 1 is 1.58 bits per heavy atom. The van der Waals surface area contributed by atoms with Gasteiger partial charge in [-0.25, -0.2) is 4.98 Å². The van der Waals surface area contributed by atoms with Crippen molar-refractivity contribution in [2.45, 2.75) is 26.3 Å². The van der Waals surface area contributed by atoms with Gasteiger partial charge in [-0.1, -0.05) is 6.07 Å².